The Hall–Kier alpha value is -3.38. The van der Waals surface area contributed by atoms with E-state index in [-0.39, 0.29) is 11.4 Å². The van der Waals surface area contributed by atoms with Crippen LogP contribution < -0.4 is 9.21 Å². The highest BCUT2D eigenvalue weighted by molar-refractivity contribution is 7.94. The molecule has 0 radical (unpaired) electrons. The molecule has 0 unspecified atom stereocenters. The molecular weight excluding hydrogens is 384 g/mol. The number of amides is 2. The first-order chi connectivity index (χ1) is 13.9. The van der Waals surface area contributed by atoms with Crippen LogP contribution in [0.25, 0.3) is 6.08 Å². The smallest absolute Gasteiger partial charge is 0.287 e. The molecular formula is C23H20N2O3S. The molecule has 146 valence electrons. The topological polar surface area (TPSA) is 57.7 Å². The molecule has 1 aliphatic rings. The van der Waals surface area contributed by atoms with Crippen LogP contribution in [0.4, 0.5) is 16.2 Å². The molecule has 0 N–H and O–H groups in total. The second kappa shape index (κ2) is 7.22. The highest BCUT2D eigenvalue weighted by atomic mass is 32.2. The predicted molar refractivity (Wildman–Crippen MR) is 115 cm³/mol. The van der Waals surface area contributed by atoms with Crippen molar-refractivity contribution in [1.29, 1.82) is 0 Å². The molecule has 3 aromatic carbocycles. The zero-order valence-electron chi connectivity index (χ0n) is 15.9. The summed E-state index contributed by atoms with van der Waals surface area (Å²) in [6.07, 6.45) is 1.75. The lowest BCUT2D eigenvalue weighted by Crippen LogP contribution is -2.50. The zero-order chi connectivity index (χ0) is 20.6. The number of carbonyl (C=O) groups is 1. The van der Waals surface area contributed by atoms with E-state index in [4.69, 9.17) is 0 Å². The molecule has 0 fully saturated rings. The fourth-order valence-electron chi connectivity index (χ4n) is 3.34. The summed E-state index contributed by atoms with van der Waals surface area (Å²) in [7, 11) is -4.00. The highest BCUT2D eigenvalue weighted by Crippen LogP contribution is 2.37. The number of hydrogen-bond donors (Lipinski definition) is 0. The van der Waals surface area contributed by atoms with Gasteiger partial charge in [0, 0.05) is 0 Å². The van der Waals surface area contributed by atoms with Gasteiger partial charge in [-0.25, -0.2) is 13.2 Å². The Bertz CT molecular complexity index is 1180. The molecule has 5 nitrogen and oxygen atoms in total. The van der Waals surface area contributed by atoms with E-state index in [0.29, 0.717) is 11.4 Å². The number of sulfonamides is 1. The number of anilines is 2. The molecule has 0 saturated heterocycles. The summed E-state index contributed by atoms with van der Waals surface area (Å²) in [6, 6.07) is 20.5. The Morgan fingerprint density at radius 3 is 2.24 bits per heavy atom. The molecule has 0 aromatic heterocycles. The van der Waals surface area contributed by atoms with Crippen LogP contribution in [0.3, 0.4) is 0 Å². The van der Waals surface area contributed by atoms with E-state index >= 15 is 0 Å². The average molecular weight is 404 g/mol. The van der Waals surface area contributed by atoms with E-state index in [1.165, 1.54) is 11.0 Å². The normalized spacial score (nSPS) is 15.1. The molecule has 0 bridgehead atoms. The molecule has 1 aliphatic heterocycles. The molecule has 0 spiro atoms. The molecule has 2 amide bonds. The van der Waals surface area contributed by atoms with Gasteiger partial charge >= 0.3 is 6.03 Å². The summed E-state index contributed by atoms with van der Waals surface area (Å²) in [5.74, 6) is 0. The number of para-hydroxylation sites is 1. The second-order valence-electron chi connectivity index (χ2n) is 6.89. The van der Waals surface area contributed by atoms with Crippen LogP contribution in [-0.2, 0) is 16.6 Å². The molecule has 6 heteroatoms. The maximum absolute atomic E-state index is 13.4. The Morgan fingerprint density at radius 1 is 0.931 bits per heavy atom. The van der Waals surface area contributed by atoms with Gasteiger partial charge in [-0.15, -0.1) is 0 Å². The summed E-state index contributed by atoms with van der Waals surface area (Å²) in [6.45, 7) is 5.91. The minimum absolute atomic E-state index is 0.114. The predicted octanol–water partition coefficient (Wildman–Crippen LogP) is 4.97. The number of rotatable bonds is 4. The minimum atomic E-state index is -4.00. The van der Waals surface area contributed by atoms with Crippen molar-refractivity contribution in [3.05, 3.63) is 96.1 Å². The summed E-state index contributed by atoms with van der Waals surface area (Å²) in [5.41, 5.74) is 3.55. The van der Waals surface area contributed by atoms with Crippen molar-refractivity contribution in [1.82, 2.24) is 0 Å². The third-order valence-corrected chi connectivity index (χ3v) is 6.65. The van der Waals surface area contributed by atoms with E-state index in [2.05, 4.69) is 6.58 Å². The van der Waals surface area contributed by atoms with E-state index in [1.54, 1.807) is 48.5 Å². The number of hydrogen-bond acceptors (Lipinski definition) is 3. The summed E-state index contributed by atoms with van der Waals surface area (Å²) < 4.78 is 27.4. The molecule has 29 heavy (non-hydrogen) atoms. The lowest BCUT2D eigenvalue weighted by Gasteiger charge is -2.36. The van der Waals surface area contributed by atoms with E-state index in [1.807, 2.05) is 31.2 Å². The maximum atomic E-state index is 13.4. The Balaban J connectivity index is 1.82. The van der Waals surface area contributed by atoms with Crippen LogP contribution in [0.15, 0.2) is 84.3 Å². The molecule has 0 atom stereocenters. The number of urea groups is 1. The van der Waals surface area contributed by atoms with Crippen molar-refractivity contribution in [2.24, 2.45) is 0 Å². The molecule has 0 saturated carbocycles. The van der Waals surface area contributed by atoms with Gasteiger partial charge in [0.2, 0.25) is 0 Å². The quantitative estimate of drug-likeness (QED) is 0.617. The Morgan fingerprint density at radius 2 is 1.59 bits per heavy atom. The third kappa shape index (κ3) is 3.32. The van der Waals surface area contributed by atoms with E-state index < -0.39 is 16.1 Å². The number of benzene rings is 3. The lowest BCUT2D eigenvalue weighted by molar-refractivity contribution is 0.253. The largest absolute Gasteiger partial charge is 0.343 e. The van der Waals surface area contributed by atoms with Gasteiger partial charge in [0.1, 0.15) is 4.90 Å². The molecule has 3 aromatic rings. The van der Waals surface area contributed by atoms with E-state index in [9.17, 15) is 13.2 Å². The number of fused-ring (bicyclic) bond motifs is 1. The number of aryl methyl sites for hydroxylation is 1. The summed E-state index contributed by atoms with van der Waals surface area (Å²) in [5, 5.41) is 0. The zero-order valence-corrected chi connectivity index (χ0v) is 16.8. The van der Waals surface area contributed by atoms with Gasteiger partial charge in [-0.05, 0) is 42.3 Å². The number of nitrogens with zero attached hydrogens (tertiary/aromatic N) is 2. The van der Waals surface area contributed by atoms with Crippen LogP contribution in [-0.4, -0.2) is 14.4 Å². The summed E-state index contributed by atoms with van der Waals surface area (Å²) >= 11 is 0. The average Bonchev–Trinajstić information content (AvgIpc) is 2.73. The number of carbonyl (C=O) groups excluding carboxylic acids is 1. The first kappa shape index (κ1) is 19.0. The SMILES string of the molecule is C=Cc1ccc(CN2C(=O)N(c3ccc(C)cc3)S(=O)(=O)c3ccccc32)cc1. The summed E-state index contributed by atoms with van der Waals surface area (Å²) in [4.78, 5) is 15.0. The molecule has 0 aliphatic carbocycles. The minimum Gasteiger partial charge on any atom is -0.287 e. The van der Waals surface area contributed by atoms with Gasteiger partial charge in [0.05, 0.1) is 17.9 Å². The Kier molecular flexibility index (Phi) is 4.72. The fourth-order valence-corrected chi connectivity index (χ4v) is 4.93. The molecule has 4 rings (SSSR count). The van der Waals surface area contributed by atoms with Crippen LogP contribution in [0.2, 0.25) is 0 Å². The van der Waals surface area contributed by atoms with Crippen molar-refractivity contribution >= 4 is 33.5 Å². The van der Waals surface area contributed by atoms with Gasteiger partial charge < -0.3 is 0 Å². The second-order valence-corrected chi connectivity index (χ2v) is 8.64. The van der Waals surface area contributed by atoms with Gasteiger partial charge in [-0.1, -0.05) is 66.7 Å². The van der Waals surface area contributed by atoms with Crippen molar-refractivity contribution in [2.45, 2.75) is 18.4 Å². The maximum Gasteiger partial charge on any atom is 0.343 e. The first-order valence-corrected chi connectivity index (χ1v) is 10.6. The van der Waals surface area contributed by atoms with Crippen LogP contribution in [0.1, 0.15) is 16.7 Å². The third-order valence-electron chi connectivity index (χ3n) is 4.90. The van der Waals surface area contributed by atoms with Crippen LogP contribution >= 0.6 is 0 Å². The van der Waals surface area contributed by atoms with E-state index in [0.717, 1.165) is 21.0 Å². The van der Waals surface area contributed by atoms with Crippen molar-refractivity contribution in [3.8, 4) is 0 Å². The standard InChI is InChI=1S/C23H20N2O3S/c1-3-18-10-12-19(13-11-18)16-24-21-6-4-5-7-22(21)29(27,28)25(23(24)26)20-14-8-17(2)9-15-20/h3-15H,1,16H2,2H3. The Labute approximate surface area is 170 Å². The van der Waals surface area contributed by atoms with Gasteiger partial charge in [0.25, 0.3) is 10.0 Å². The van der Waals surface area contributed by atoms with Gasteiger partial charge in [0.15, 0.2) is 0 Å². The van der Waals surface area contributed by atoms with Crippen LogP contribution in [0.5, 0.6) is 0 Å². The lowest BCUT2D eigenvalue weighted by atomic mass is 10.1. The van der Waals surface area contributed by atoms with Gasteiger partial charge in [-0.2, -0.15) is 4.31 Å². The highest BCUT2D eigenvalue weighted by Gasteiger charge is 2.42. The van der Waals surface area contributed by atoms with Crippen molar-refractivity contribution < 1.29 is 13.2 Å². The van der Waals surface area contributed by atoms with Gasteiger partial charge in [-0.3, -0.25) is 4.90 Å². The van der Waals surface area contributed by atoms with Crippen LogP contribution in [0, 0.1) is 6.92 Å². The molecule has 1 heterocycles. The van der Waals surface area contributed by atoms with Crippen molar-refractivity contribution in [3.63, 3.8) is 0 Å². The first-order valence-electron chi connectivity index (χ1n) is 9.16. The fraction of sp³-hybridized carbons (Fsp3) is 0.0870. The van der Waals surface area contributed by atoms with Crippen molar-refractivity contribution in [2.75, 3.05) is 9.21 Å². The monoisotopic (exact) mass is 404 g/mol.